The van der Waals surface area contributed by atoms with E-state index in [2.05, 4.69) is 18.9 Å². The fourth-order valence-electron chi connectivity index (χ4n) is 2.35. The summed E-state index contributed by atoms with van der Waals surface area (Å²) in [5, 5.41) is 14.7. The van der Waals surface area contributed by atoms with Gasteiger partial charge in [0, 0.05) is 6.20 Å². The molecule has 2 unspecified atom stereocenters. The molecule has 0 fully saturated rings. The van der Waals surface area contributed by atoms with Crippen molar-refractivity contribution >= 4 is 0 Å². The van der Waals surface area contributed by atoms with Crippen molar-refractivity contribution < 1.29 is 5.11 Å². The second-order valence-corrected chi connectivity index (χ2v) is 5.17. The SMILES string of the molecule is CCCC(C)CC(O)c1ccn(-c2ccccc2)n1. The number of para-hydroxylation sites is 1. The van der Waals surface area contributed by atoms with E-state index in [9.17, 15) is 5.11 Å². The van der Waals surface area contributed by atoms with E-state index >= 15 is 0 Å². The monoisotopic (exact) mass is 258 g/mol. The molecule has 2 rings (SSSR count). The molecule has 1 aromatic carbocycles. The van der Waals surface area contributed by atoms with Gasteiger partial charge in [-0.25, -0.2) is 4.68 Å². The molecule has 0 spiro atoms. The lowest BCUT2D eigenvalue weighted by atomic mass is 9.97. The smallest absolute Gasteiger partial charge is 0.0981 e. The zero-order valence-electron chi connectivity index (χ0n) is 11.7. The van der Waals surface area contributed by atoms with Gasteiger partial charge < -0.3 is 5.11 Å². The van der Waals surface area contributed by atoms with Crippen LogP contribution in [0.3, 0.4) is 0 Å². The van der Waals surface area contributed by atoms with Crippen LogP contribution in [0.1, 0.15) is 44.9 Å². The molecule has 0 amide bonds. The van der Waals surface area contributed by atoms with E-state index in [-0.39, 0.29) is 0 Å². The van der Waals surface area contributed by atoms with Crippen LogP contribution in [0.5, 0.6) is 0 Å². The summed E-state index contributed by atoms with van der Waals surface area (Å²) in [6.45, 7) is 4.36. The van der Waals surface area contributed by atoms with Crippen molar-refractivity contribution in [3.8, 4) is 5.69 Å². The maximum atomic E-state index is 10.2. The Balaban J connectivity index is 2.04. The highest BCUT2D eigenvalue weighted by atomic mass is 16.3. The summed E-state index contributed by atoms with van der Waals surface area (Å²) >= 11 is 0. The van der Waals surface area contributed by atoms with Crippen molar-refractivity contribution in [2.45, 2.75) is 39.2 Å². The number of rotatable bonds is 6. The lowest BCUT2D eigenvalue weighted by molar-refractivity contribution is 0.140. The van der Waals surface area contributed by atoms with Crippen molar-refractivity contribution in [2.24, 2.45) is 5.92 Å². The molecule has 3 nitrogen and oxygen atoms in total. The highest BCUT2D eigenvalue weighted by molar-refractivity contribution is 5.30. The maximum Gasteiger partial charge on any atom is 0.0981 e. The van der Waals surface area contributed by atoms with Crippen molar-refractivity contribution in [3.05, 3.63) is 48.3 Å². The summed E-state index contributed by atoms with van der Waals surface area (Å²) in [4.78, 5) is 0. The van der Waals surface area contributed by atoms with E-state index < -0.39 is 6.10 Å². The molecule has 19 heavy (non-hydrogen) atoms. The van der Waals surface area contributed by atoms with Gasteiger partial charge in [0.1, 0.15) is 0 Å². The first kappa shape index (κ1) is 13.8. The third-order valence-corrected chi connectivity index (χ3v) is 3.38. The van der Waals surface area contributed by atoms with Crippen LogP contribution in [0.15, 0.2) is 42.6 Å². The Labute approximate surface area is 114 Å². The van der Waals surface area contributed by atoms with Crippen molar-refractivity contribution in [3.63, 3.8) is 0 Å². The van der Waals surface area contributed by atoms with Gasteiger partial charge in [0.15, 0.2) is 0 Å². The van der Waals surface area contributed by atoms with Gasteiger partial charge >= 0.3 is 0 Å². The zero-order chi connectivity index (χ0) is 13.7. The molecule has 2 aromatic rings. The van der Waals surface area contributed by atoms with Crippen molar-refractivity contribution in [1.29, 1.82) is 0 Å². The second kappa shape index (κ2) is 6.53. The van der Waals surface area contributed by atoms with Crippen LogP contribution in [-0.2, 0) is 0 Å². The molecule has 1 N–H and O–H groups in total. The Morgan fingerprint density at radius 3 is 2.63 bits per heavy atom. The van der Waals surface area contributed by atoms with Crippen LogP contribution in [0.25, 0.3) is 5.69 Å². The Bertz CT molecular complexity index is 492. The lowest BCUT2D eigenvalue weighted by Gasteiger charge is -2.13. The first-order chi connectivity index (χ1) is 9.20. The average Bonchev–Trinajstić information content (AvgIpc) is 2.89. The fourth-order valence-corrected chi connectivity index (χ4v) is 2.35. The van der Waals surface area contributed by atoms with Crippen molar-refractivity contribution in [2.75, 3.05) is 0 Å². The first-order valence-electron chi connectivity index (χ1n) is 6.99. The summed E-state index contributed by atoms with van der Waals surface area (Å²) in [6, 6.07) is 11.9. The van der Waals surface area contributed by atoms with Crippen molar-refractivity contribution in [1.82, 2.24) is 9.78 Å². The molecular formula is C16H22N2O. The fraction of sp³-hybridized carbons (Fsp3) is 0.438. The van der Waals surface area contributed by atoms with Gasteiger partial charge in [0.05, 0.1) is 17.5 Å². The van der Waals surface area contributed by atoms with Gasteiger partial charge in [-0.15, -0.1) is 0 Å². The maximum absolute atomic E-state index is 10.2. The minimum atomic E-state index is -0.466. The number of aliphatic hydroxyl groups excluding tert-OH is 1. The molecule has 1 heterocycles. The topological polar surface area (TPSA) is 38.0 Å². The highest BCUT2D eigenvalue weighted by Gasteiger charge is 2.14. The molecule has 102 valence electrons. The quantitative estimate of drug-likeness (QED) is 0.857. The number of hydrogen-bond acceptors (Lipinski definition) is 2. The molecule has 1 aromatic heterocycles. The minimum Gasteiger partial charge on any atom is -0.387 e. The van der Waals surface area contributed by atoms with E-state index in [1.165, 1.54) is 0 Å². The molecular weight excluding hydrogens is 236 g/mol. The molecule has 0 aliphatic rings. The zero-order valence-corrected chi connectivity index (χ0v) is 11.7. The van der Waals surface area contributed by atoms with E-state index in [0.717, 1.165) is 30.6 Å². The number of nitrogens with zero attached hydrogens (tertiary/aromatic N) is 2. The number of aromatic nitrogens is 2. The van der Waals surface area contributed by atoms with Gasteiger partial charge in [0.25, 0.3) is 0 Å². The summed E-state index contributed by atoms with van der Waals surface area (Å²) in [5.74, 6) is 0.530. The van der Waals surface area contributed by atoms with E-state index in [1.54, 1.807) is 0 Å². The second-order valence-electron chi connectivity index (χ2n) is 5.17. The Kier molecular flexibility index (Phi) is 4.74. The van der Waals surface area contributed by atoms with Gasteiger partial charge in [0.2, 0.25) is 0 Å². The van der Waals surface area contributed by atoms with E-state index in [4.69, 9.17) is 0 Å². The first-order valence-corrected chi connectivity index (χ1v) is 6.99. The molecule has 0 saturated carbocycles. The van der Waals surface area contributed by atoms with Crippen LogP contribution in [-0.4, -0.2) is 14.9 Å². The van der Waals surface area contributed by atoms with Gasteiger partial charge in [-0.1, -0.05) is 44.9 Å². The van der Waals surface area contributed by atoms with Gasteiger partial charge in [-0.2, -0.15) is 5.10 Å². The van der Waals surface area contributed by atoms with Gasteiger partial charge in [-0.3, -0.25) is 0 Å². The average molecular weight is 258 g/mol. The lowest BCUT2D eigenvalue weighted by Crippen LogP contribution is -2.06. The third kappa shape index (κ3) is 3.67. The Morgan fingerprint density at radius 2 is 1.95 bits per heavy atom. The Hall–Kier alpha value is -1.61. The molecule has 0 aliphatic carbocycles. The normalized spacial score (nSPS) is 14.3. The number of hydrogen-bond donors (Lipinski definition) is 1. The number of aliphatic hydroxyl groups is 1. The van der Waals surface area contributed by atoms with Crippen LogP contribution in [0, 0.1) is 5.92 Å². The minimum absolute atomic E-state index is 0.466. The molecule has 0 bridgehead atoms. The number of benzene rings is 1. The standard InChI is InChI=1S/C16H22N2O/c1-3-7-13(2)12-16(19)15-10-11-18(17-15)14-8-5-4-6-9-14/h4-6,8-11,13,16,19H,3,7,12H2,1-2H3. The predicted octanol–water partition coefficient (Wildman–Crippen LogP) is 3.73. The summed E-state index contributed by atoms with van der Waals surface area (Å²) in [5.41, 5.74) is 1.77. The molecule has 0 saturated heterocycles. The van der Waals surface area contributed by atoms with Gasteiger partial charge in [-0.05, 0) is 30.5 Å². The summed E-state index contributed by atoms with van der Waals surface area (Å²) in [6.07, 6.45) is 4.52. The third-order valence-electron chi connectivity index (χ3n) is 3.38. The van der Waals surface area contributed by atoms with E-state index in [0.29, 0.717) is 5.92 Å². The summed E-state index contributed by atoms with van der Waals surface area (Å²) in [7, 11) is 0. The predicted molar refractivity (Wildman–Crippen MR) is 77.2 cm³/mol. The summed E-state index contributed by atoms with van der Waals surface area (Å²) < 4.78 is 1.81. The van der Waals surface area contributed by atoms with E-state index in [1.807, 2.05) is 47.3 Å². The molecule has 0 radical (unpaired) electrons. The molecule has 2 atom stereocenters. The largest absolute Gasteiger partial charge is 0.387 e. The highest BCUT2D eigenvalue weighted by Crippen LogP contribution is 2.23. The molecule has 3 heteroatoms. The van der Waals surface area contributed by atoms with Crippen LogP contribution in [0.2, 0.25) is 0 Å². The Morgan fingerprint density at radius 1 is 1.21 bits per heavy atom. The van der Waals surface area contributed by atoms with Crippen LogP contribution < -0.4 is 0 Å². The molecule has 0 aliphatic heterocycles. The van der Waals surface area contributed by atoms with Crippen LogP contribution in [0.4, 0.5) is 0 Å². The van der Waals surface area contributed by atoms with Crippen LogP contribution >= 0.6 is 0 Å².